The summed E-state index contributed by atoms with van der Waals surface area (Å²) in [5.41, 5.74) is 2.06. The molecular formula is C48H67N5O9. The molecule has 14 nitrogen and oxygen atoms in total. The van der Waals surface area contributed by atoms with Crippen molar-refractivity contribution in [3.8, 4) is 0 Å². The van der Waals surface area contributed by atoms with E-state index in [1.807, 2.05) is 42.5 Å². The van der Waals surface area contributed by atoms with E-state index in [-0.39, 0.29) is 54.5 Å². The molecule has 2 fully saturated rings. The molecular weight excluding hydrogens is 791 g/mol. The van der Waals surface area contributed by atoms with Crippen LogP contribution in [0.25, 0.3) is 0 Å². The fraction of sp³-hybridized carbons (Fsp3) is 0.583. The van der Waals surface area contributed by atoms with Gasteiger partial charge in [0.05, 0.1) is 24.5 Å². The number of ketones is 2. The van der Waals surface area contributed by atoms with Crippen LogP contribution in [0.2, 0.25) is 0 Å². The number of hydrogen-bond acceptors (Lipinski definition) is 9. The van der Waals surface area contributed by atoms with Crippen LogP contribution in [0, 0.1) is 17.8 Å². The minimum absolute atomic E-state index is 0.0565. The van der Waals surface area contributed by atoms with Crippen molar-refractivity contribution in [1.29, 1.82) is 0 Å². The van der Waals surface area contributed by atoms with Gasteiger partial charge in [-0.3, -0.25) is 24.0 Å². The topological polar surface area (TPSA) is 190 Å². The van der Waals surface area contributed by atoms with Gasteiger partial charge in [-0.25, -0.2) is 14.6 Å². The number of nitrogens with zero attached hydrogens (tertiary/aromatic N) is 2. The monoisotopic (exact) mass is 857 g/mol. The fourth-order valence-electron chi connectivity index (χ4n) is 7.52. The number of hydrogen-bond donors (Lipinski definition) is 3. The Labute approximate surface area is 366 Å². The van der Waals surface area contributed by atoms with Crippen molar-refractivity contribution in [3.63, 3.8) is 0 Å². The molecule has 338 valence electrons. The summed E-state index contributed by atoms with van der Waals surface area (Å²) in [7, 11) is 0. The van der Waals surface area contributed by atoms with Crippen molar-refractivity contribution in [3.05, 3.63) is 70.3 Å². The molecule has 1 saturated carbocycles. The smallest absolute Gasteiger partial charge is 0.408 e. The summed E-state index contributed by atoms with van der Waals surface area (Å²) >= 11 is 0. The average Bonchev–Trinajstić information content (AvgIpc) is 3.89. The largest absolute Gasteiger partial charge is 0.450 e. The van der Waals surface area contributed by atoms with Crippen LogP contribution in [-0.4, -0.2) is 96.0 Å². The molecule has 5 amide bonds. The normalized spacial score (nSPS) is 18.7. The van der Waals surface area contributed by atoms with Crippen molar-refractivity contribution >= 4 is 47.7 Å². The summed E-state index contributed by atoms with van der Waals surface area (Å²) in [6, 6.07) is 8.55. The van der Waals surface area contributed by atoms with Gasteiger partial charge < -0.3 is 30.3 Å². The van der Waals surface area contributed by atoms with Crippen molar-refractivity contribution in [2.45, 2.75) is 143 Å². The lowest BCUT2D eigenvalue weighted by Gasteiger charge is -2.27. The van der Waals surface area contributed by atoms with Crippen molar-refractivity contribution in [2.75, 3.05) is 19.7 Å². The van der Waals surface area contributed by atoms with Gasteiger partial charge >= 0.3 is 12.2 Å². The number of alkyl carbamates (subject to hydrolysis) is 2. The first-order valence-electron chi connectivity index (χ1n) is 22.1. The Morgan fingerprint density at radius 3 is 2.24 bits per heavy atom. The minimum atomic E-state index is -0.790. The van der Waals surface area contributed by atoms with E-state index in [2.05, 4.69) is 34.8 Å². The molecule has 1 saturated heterocycles. The van der Waals surface area contributed by atoms with Crippen LogP contribution >= 0.6 is 0 Å². The summed E-state index contributed by atoms with van der Waals surface area (Å²) in [6.07, 6.45) is 9.08. The number of carbonyl (C=O) groups excluding carboxylic acids is 7. The van der Waals surface area contributed by atoms with E-state index in [1.54, 1.807) is 46.4 Å². The van der Waals surface area contributed by atoms with Crippen molar-refractivity contribution in [2.24, 2.45) is 22.7 Å². The van der Waals surface area contributed by atoms with Gasteiger partial charge in [-0.15, -0.1) is 0 Å². The molecule has 3 aliphatic rings. The van der Waals surface area contributed by atoms with Crippen LogP contribution in [0.5, 0.6) is 0 Å². The number of carbonyl (C=O) groups is 7. The number of allylic oxidation sites excluding steroid dienone is 4. The lowest BCUT2D eigenvalue weighted by atomic mass is 9.84. The van der Waals surface area contributed by atoms with Gasteiger partial charge in [0.15, 0.2) is 11.6 Å². The third-order valence-electron chi connectivity index (χ3n) is 11.2. The highest BCUT2D eigenvalue weighted by atomic mass is 16.6. The Bertz CT molecular complexity index is 1920. The molecule has 0 aromatic heterocycles. The first-order valence-corrected chi connectivity index (χ1v) is 22.1. The van der Waals surface area contributed by atoms with E-state index in [0.717, 1.165) is 18.4 Å². The Hall–Kier alpha value is -5.40. The zero-order valence-corrected chi connectivity index (χ0v) is 37.8. The quantitative estimate of drug-likeness (QED) is 0.0541. The molecule has 14 heteroatoms. The number of Topliss-reactive ketones (excluding diaryl/α,β-unsaturated/α-hetero) is 2. The third kappa shape index (κ3) is 15.5. The molecule has 1 aromatic carbocycles. The predicted octanol–water partition coefficient (Wildman–Crippen LogP) is 6.92. The molecule has 4 atom stereocenters. The minimum Gasteiger partial charge on any atom is -0.450 e. The molecule has 3 N–H and O–H groups in total. The van der Waals surface area contributed by atoms with E-state index in [9.17, 15) is 33.6 Å². The maximum Gasteiger partial charge on any atom is 0.408 e. The Morgan fingerprint density at radius 2 is 1.58 bits per heavy atom. The van der Waals surface area contributed by atoms with Crippen molar-refractivity contribution in [1.82, 2.24) is 20.9 Å². The van der Waals surface area contributed by atoms with Crippen LogP contribution in [0.15, 0.2) is 69.8 Å². The number of likely N-dealkylation sites (tertiary alicyclic amines) is 1. The number of benzene rings is 1. The fourth-order valence-corrected chi connectivity index (χ4v) is 7.52. The molecule has 2 aliphatic carbocycles. The van der Waals surface area contributed by atoms with Gasteiger partial charge in [-0.2, -0.15) is 0 Å². The van der Waals surface area contributed by atoms with Crippen LogP contribution in [0.4, 0.5) is 9.59 Å². The molecule has 2 unspecified atom stereocenters. The molecule has 1 aromatic rings. The average molecular weight is 858 g/mol. The molecule has 0 bridgehead atoms. The standard InChI is InChI=1S/C48H67N5O9/c1-30(2)27-38(52-47(60)62-48(6,7)8)21-20-35(28-34-15-10-9-11-16-34)45(58)53-25-13-19-40(53)44(57)50-29-36(43(56)51-37-22-23-37)17-12-24-49-46(59)61-26-14-18-39-33(5)41(54)31(3)32(4)42(39)55/h9-11,15-16,20-21,29-30,35-38,40H,12-14,17-19,22-28H2,1-8H3,(H,49,59)(H,51,56)(H,52,60)/b21-20+,50-29?/t35-,36?,38?,40+/m1/s1. The van der Waals surface area contributed by atoms with Crippen molar-refractivity contribution < 1.29 is 43.0 Å². The van der Waals surface area contributed by atoms with Gasteiger partial charge in [0.2, 0.25) is 11.8 Å². The van der Waals surface area contributed by atoms with Gasteiger partial charge in [-0.1, -0.05) is 56.3 Å². The zero-order chi connectivity index (χ0) is 45.6. The maximum atomic E-state index is 14.3. The highest BCUT2D eigenvalue weighted by Crippen LogP contribution is 2.28. The maximum absolute atomic E-state index is 14.3. The zero-order valence-electron chi connectivity index (χ0n) is 37.8. The molecule has 0 spiro atoms. The summed E-state index contributed by atoms with van der Waals surface area (Å²) in [6.45, 7) is 15.1. The Balaban J connectivity index is 1.36. The van der Waals surface area contributed by atoms with Crippen LogP contribution in [-0.2, 0) is 39.9 Å². The molecule has 1 aliphatic heterocycles. The number of ether oxygens (including phenoxy) is 2. The second-order valence-electron chi connectivity index (χ2n) is 18.1. The SMILES string of the molecule is CC1=C(C)C(=O)C(CCCOC(=O)NCCCC(C=NC(=O)[C@@H]2CCCN2C(=O)[C@H](/C=C/C(CC(C)C)NC(=O)OC(C)(C)C)Cc2ccccc2)C(=O)NC2CC2)=C(C)C1=O. The van der Waals surface area contributed by atoms with Gasteiger partial charge in [0.25, 0.3) is 5.91 Å². The lowest BCUT2D eigenvalue weighted by Crippen LogP contribution is -2.43. The molecule has 1 heterocycles. The van der Waals surface area contributed by atoms with E-state index in [0.29, 0.717) is 80.2 Å². The molecule has 0 radical (unpaired) electrons. The summed E-state index contributed by atoms with van der Waals surface area (Å²) < 4.78 is 10.8. The number of rotatable bonds is 20. The second kappa shape index (κ2) is 23.2. The third-order valence-corrected chi connectivity index (χ3v) is 11.2. The molecule has 62 heavy (non-hydrogen) atoms. The van der Waals surface area contributed by atoms with Gasteiger partial charge in [0, 0.05) is 47.6 Å². The summed E-state index contributed by atoms with van der Waals surface area (Å²) in [5.74, 6) is -2.38. The number of amides is 5. The first kappa shape index (κ1) is 49.3. The second-order valence-corrected chi connectivity index (χ2v) is 18.1. The molecule has 4 rings (SSSR count). The van der Waals surface area contributed by atoms with Crippen LogP contribution in [0.3, 0.4) is 0 Å². The Kier molecular flexibility index (Phi) is 18.4. The Morgan fingerprint density at radius 1 is 0.887 bits per heavy atom. The van der Waals surface area contributed by atoms with Gasteiger partial charge in [-0.05, 0) is 117 Å². The van der Waals surface area contributed by atoms with Gasteiger partial charge in [0.1, 0.15) is 11.6 Å². The van der Waals surface area contributed by atoms with Crippen LogP contribution < -0.4 is 16.0 Å². The van der Waals surface area contributed by atoms with E-state index >= 15 is 0 Å². The summed E-state index contributed by atoms with van der Waals surface area (Å²) in [4.78, 5) is 97.4. The lowest BCUT2D eigenvalue weighted by molar-refractivity contribution is -0.139. The highest BCUT2D eigenvalue weighted by molar-refractivity contribution is 6.24. The van der Waals surface area contributed by atoms with E-state index in [4.69, 9.17) is 9.47 Å². The number of nitrogens with one attached hydrogen (secondary N) is 3. The first-order chi connectivity index (χ1) is 29.3. The number of aliphatic imine (C=N–C) groups is 1. The van der Waals surface area contributed by atoms with E-state index in [1.165, 1.54) is 6.21 Å². The van der Waals surface area contributed by atoms with Crippen LogP contribution in [0.1, 0.15) is 119 Å². The summed E-state index contributed by atoms with van der Waals surface area (Å²) in [5, 5.41) is 8.60. The predicted molar refractivity (Wildman–Crippen MR) is 237 cm³/mol. The highest BCUT2D eigenvalue weighted by Gasteiger charge is 2.37. The van der Waals surface area contributed by atoms with E-state index < -0.39 is 41.6 Å².